The number of nitrogens with zero attached hydrogens (tertiary/aromatic N) is 2. The molecule has 0 aliphatic rings. The summed E-state index contributed by atoms with van der Waals surface area (Å²) in [5.74, 6) is 1.58. The molecule has 2 aromatic carbocycles. The summed E-state index contributed by atoms with van der Waals surface area (Å²) >= 11 is 0. The van der Waals surface area contributed by atoms with E-state index in [1.807, 2.05) is 67.0 Å². The van der Waals surface area contributed by atoms with Crippen LogP contribution < -0.4 is 10.1 Å². The zero-order valence-electron chi connectivity index (χ0n) is 15.4. The van der Waals surface area contributed by atoms with E-state index in [0.717, 1.165) is 22.4 Å². The average Bonchev–Trinajstić information content (AvgIpc) is 2.74. The smallest absolute Gasteiger partial charge is 0.220 e. The average molecular weight is 361 g/mol. The van der Waals surface area contributed by atoms with Gasteiger partial charge in [0, 0.05) is 30.9 Å². The highest BCUT2D eigenvalue weighted by Crippen LogP contribution is 2.14. The van der Waals surface area contributed by atoms with Crippen LogP contribution in [0.1, 0.15) is 17.5 Å². The normalized spacial score (nSPS) is 10.4. The van der Waals surface area contributed by atoms with Gasteiger partial charge >= 0.3 is 0 Å². The minimum Gasteiger partial charge on any atom is -0.497 e. The Hall–Kier alpha value is -3.21. The fraction of sp³-hybridized carbons (Fsp3) is 0.227. The molecule has 5 nitrogen and oxygen atoms in total. The largest absolute Gasteiger partial charge is 0.497 e. The molecule has 0 saturated heterocycles. The SMILES string of the molecule is COc1ccc(CCC(=O)NCCc2cnc(-c3ccccc3)nc2)cc1. The second-order valence-corrected chi connectivity index (χ2v) is 6.23. The Morgan fingerprint density at radius 2 is 1.63 bits per heavy atom. The van der Waals surface area contributed by atoms with Gasteiger partial charge in [-0.1, -0.05) is 42.5 Å². The van der Waals surface area contributed by atoms with Crippen molar-refractivity contribution in [3.63, 3.8) is 0 Å². The third-order valence-corrected chi connectivity index (χ3v) is 4.27. The number of ether oxygens (including phenoxy) is 1. The summed E-state index contributed by atoms with van der Waals surface area (Å²) in [6, 6.07) is 17.7. The number of carbonyl (C=O) groups is 1. The minimum absolute atomic E-state index is 0.0487. The number of aromatic nitrogens is 2. The van der Waals surface area contributed by atoms with E-state index in [4.69, 9.17) is 4.74 Å². The van der Waals surface area contributed by atoms with E-state index < -0.39 is 0 Å². The van der Waals surface area contributed by atoms with E-state index in [9.17, 15) is 4.79 Å². The van der Waals surface area contributed by atoms with Gasteiger partial charge in [0.15, 0.2) is 5.82 Å². The van der Waals surface area contributed by atoms with Crippen LogP contribution in [-0.4, -0.2) is 29.5 Å². The van der Waals surface area contributed by atoms with E-state index in [1.165, 1.54) is 0 Å². The fourth-order valence-electron chi connectivity index (χ4n) is 2.70. The Balaban J connectivity index is 1.40. The Morgan fingerprint density at radius 3 is 2.30 bits per heavy atom. The Kier molecular flexibility index (Phi) is 6.52. The number of hydrogen-bond donors (Lipinski definition) is 1. The van der Waals surface area contributed by atoms with Gasteiger partial charge < -0.3 is 10.1 Å². The van der Waals surface area contributed by atoms with Crippen molar-refractivity contribution in [2.24, 2.45) is 0 Å². The number of rotatable bonds is 8. The van der Waals surface area contributed by atoms with Crippen molar-refractivity contribution in [2.45, 2.75) is 19.3 Å². The number of nitrogens with one attached hydrogen (secondary N) is 1. The Labute approximate surface area is 159 Å². The molecule has 0 atom stereocenters. The van der Waals surface area contributed by atoms with Gasteiger partial charge in [-0.25, -0.2) is 9.97 Å². The summed E-state index contributed by atoms with van der Waals surface area (Å²) in [4.78, 5) is 20.8. The van der Waals surface area contributed by atoms with Crippen molar-refractivity contribution in [3.8, 4) is 17.1 Å². The maximum Gasteiger partial charge on any atom is 0.220 e. The molecule has 0 radical (unpaired) electrons. The van der Waals surface area contributed by atoms with Crippen LogP contribution in [0.25, 0.3) is 11.4 Å². The predicted octanol–water partition coefficient (Wildman–Crippen LogP) is 3.44. The van der Waals surface area contributed by atoms with Crippen LogP contribution in [0.3, 0.4) is 0 Å². The second kappa shape index (κ2) is 9.48. The van der Waals surface area contributed by atoms with Crippen LogP contribution >= 0.6 is 0 Å². The highest BCUT2D eigenvalue weighted by Gasteiger charge is 2.04. The van der Waals surface area contributed by atoms with Crippen molar-refractivity contribution in [1.29, 1.82) is 0 Å². The van der Waals surface area contributed by atoms with Crippen molar-refractivity contribution in [3.05, 3.63) is 78.1 Å². The van der Waals surface area contributed by atoms with E-state index in [1.54, 1.807) is 7.11 Å². The molecule has 0 spiro atoms. The zero-order valence-corrected chi connectivity index (χ0v) is 15.4. The van der Waals surface area contributed by atoms with Crippen LogP contribution in [0.2, 0.25) is 0 Å². The fourth-order valence-corrected chi connectivity index (χ4v) is 2.70. The first-order chi connectivity index (χ1) is 13.2. The van der Waals surface area contributed by atoms with Crippen LogP contribution in [-0.2, 0) is 17.6 Å². The molecule has 0 saturated carbocycles. The lowest BCUT2D eigenvalue weighted by molar-refractivity contribution is -0.121. The molecule has 1 heterocycles. The molecule has 1 amide bonds. The lowest BCUT2D eigenvalue weighted by atomic mass is 10.1. The molecule has 1 aromatic heterocycles. The molecular weight excluding hydrogens is 338 g/mol. The van der Waals surface area contributed by atoms with Gasteiger partial charge in [-0.15, -0.1) is 0 Å². The van der Waals surface area contributed by atoms with E-state index in [2.05, 4.69) is 15.3 Å². The number of aryl methyl sites for hydroxylation is 1. The number of amides is 1. The monoisotopic (exact) mass is 361 g/mol. The molecule has 0 aliphatic carbocycles. The van der Waals surface area contributed by atoms with Crippen molar-refractivity contribution in [1.82, 2.24) is 15.3 Å². The van der Waals surface area contributed by atoms with E-state index in [0.29, 0.717) is 31.6 Å². The zero-order chi connectivity index (χ0) is 18.9. The molecule has 0 fully saturated rings. The lowest BCUT2D eigenvalue weighted by Gasteiger charge is -2.06. The molecule has 5 heteroatoms. The number of methoxy groups -OCH3 is 1. The van der Waals surface area contributed by atoms with Gasteiger partial charge in [0.05, 0.1) is 7.11 Å². The topological polar surface area (TPSA) is 64.1 Å². The van der Waals surface area contributed by atoms with Crippen molar-refractivity contribution in [2.75, 3.05) is 13.7 Å². The molecule has 1 N–H and O–H groups in total. The van der Waals surface area contributed by atoms with E-state index >= 15 is 0 Å². The van der Waals surface area contributed by atoms with Crippen molar-refractivity contribution >= 4 is 5.91 Å². The summed E-state index contributed by atoms with van der Waals surface area (Å²) in [6.07, 6.45) is 5.53. The highest BCUT2D eigenvalue weighted by molar-refractivity contribution is 5.76. The standard InChI is InChI=1S/C22H23N3O2/c1-27-20-10-7-17(8-11-20)9-12-21(26)23-14-13-18-15-24-22(25-16-18)19-5-3-2-4-6-19/h2-8,10-11,15-16H,9,12-14H2,1H3,(H,23,26). The first kappa shape index (κ1) is 18.6. The Morgan fingerprint density at radius 1 is 0.926 bits per heavy atom. The molecule has 0 bridgehead atoms. The van der Waals surface area contributed by atoms with Gasteiger partial charge in [0.1, 0.15) is 5.75 Å². The first-order valence-corrected chi connectivity index (χ1v) is 9.00. The maximum atomic E-state index is 12.0. The van der Waals surface area contributed by atoms with Crippen LogP contribution in [0.5, 0.6) is 5.75 Å². The molecular formula is C22H23N3O2. The molecule has 0 aliphatic heterocycles. The van der Waals surface area contributed by atoms with Gasteiger partial charge in [-0.2, -0.15) is 0 Å². The number of carbonyl (C=O) groups excluding carboxylic acids is 1. The molecule has 0 unspecified atom stereocenters. The first-order valence-electron chi connectivity index (χ1n) is 9.00. The number of hydrogen-bond acceptors (Lipinski definition) is 4. The van der Waals surface area contributed by atoms with E-state index in [-0.39, 0.29) is 5.91 Å². The van der Waals surface area contributed by atoms with Gasteiger partial charge in [-0.05, 0) is 36.1 Å². The van der Waals surface area contributed by atoms with Crippen LogP contribution in [0.4, 0.5) is 0 Å². The summed E-state index contributed by atoms with van der Waals surface area (Å²) in [6.45, 7) is 0.579. The van der Waals surface area contributed by atoms with Crippen LogP contribution in [0, 0.1) is 0 Å². The van der Waals surface area contributed by atoms with Crippen LogP contribution in [0.15, 0.2) is 67.0 Å². The van der Waals surface area contributed by atoms with Gasteiger partial charge in [-0.3, -0.25) is 4.79 Å². The summed E-state index contributed by atoms with van der Waals surface area (Å²) < 4.78 is 5.13. The maximum absolute atomic E-state index is 12.0. The molecule has 27 heavy (non-hydrogen) atoms. The molecule has 3 aromatic rings. The van der Waals surface area contributed by atoms with Crippen molar-refractivity contribution < 1.29 is 9.53 Å². The predicted molar refractivity (Wildman–Crippen MR) is 105 cm³/mol. The van der Waals surface area contributed by atoms with Gasteiger partial charge in [0.25, 0.3) is 0 Å². The van der Waals surface area contributed by atoms with Gasteiger partial charge in [0.2, 0.25) is 5.91 Å². The minimum atomic E-state index is 0.0487. The third-order valence-electron chi connectivity index (χ3n) is 4.27. The number of benzene rings is 2. The summed E-state index contributed by atoms with van der Waals surface area (Å²) in [5.41, 5.74) is 3.12. The summed E-state index contributed by atoms with van der Waals surface area (Å²) in [7, 11) is 1.64. The highest BCUT2D eigenvalue weighted by atomic mass is 16.5. The quantitative estimate of drug-likeness (QED) is 0.667. The lowest BCUT2D eigenvalue weighted by Crippen LogP contribution is -2.25. The molecule has 138 valence electrons. The second-order valence-electron chi connectivity index (χ2n) is 6.23. The Bertz CT molecular complexity index is 847. The third kappa shape index (κ3) is 5.64. The summed E-state index contributed by atoms with van der Waals surface area (Å²) in [5, 5.41) is 2.95. The molecule has 3 rings (SSSR count).